The van der Waals surface area contributed by atoms with Gasteiger partial charge in [0.15, 0.2) is 0 Å². The molecule has 5 heteroatoms. The van der Waals surface area contributed by atoms with Crippen LogP contribution >= 0.6 is 0 Å². The third-order valence-electron chi connectivity index (χ3n) is 3.83. The van der Waals surface area contributed by atoms with Gasteiger partial charge in [0.05, 0.1) is 7.11 Å². The highest BCUT2D eigenvalue weighted by molar-refractivity contribution is 5.76. The van der Waals surface area contributed by atoms with Crippen LogP contribution in [0, 0.1) is 0 Å². The topological polar surface area (TPSA) is 50.8 Å². The van der Waals surface area contributed by atoms with E-state index < -0.39 is 0 Å². The lowest BCUT2D eigenvalue weighted by molar-refractivity contribution is -0.142. The smallest absolute Gasteiger partial charge is 0.323 e. The first-order valence-corrected chi connectivity index (χ1v) is 7.50. The van der Waals surface area contributed by atoms with E-state index in [-0.39, 0.29) is 18.1 Å². The average Bonchev–Trinajstić information content (AvgIpc) is 2.96. The standard InChI is InChI=1S/C16H24N2O3/c1-4-18(5-2)12-7-6-8-13(9-12)21-14-10-15(17-11-14)16(19)20-3/h6-9,14-15,17H,4-5,10-11H2,1-3H3. The van der Waals surface area contributed by atoms with Crippen LogP contribution in [0.1, 0.15) is 20.3 Å². The Morgan fingerprint density at radius 1 is 1.38 bits per heavy atom. The van der Waals surface area contributed by atoms with E-state index in [4.69, 9.17) is 9.47 Å². The molecule has 0 aliphatic carbocycles. The van der Waals surface area contributed by atoms with Gasteiger partial charge in [-0.3, -0.25) is 4.79 Å². The number of ether oxygens (including phenoxy) is 2. The second kappa shape index (κ2) is 7.31. The Morgan fingerprint density at radius 3 is 2.81 bits per heavy atom. The first-order valence-electron chi connectivity index (χ1n) is 7.50. The molecule has 0 radical (unpaired) electrons. The van der Waals surface area contributed by atoms with Crippen LogP contribution in [0.15, 0.2) is 24.3 Å². The minimum atomic E-state index is -0.258. The summed E-state index contributed by atoms with van der Waals surface area (Å²) in [4.78, 5) is 13.8. The largest absolute Gasteiger partial charge is 0.489 e. The van der Waals surface area contributed by atoms with E-state index in [0.717, 1.165) is 24.5 Å². The normalized spacial score (nSPS) is 21.1. The molecule has 0 saturated carbocycles. The lowest BCUT2D eigenvalue weighted by Crippen LogP contribution is -2.31. The highest BCUT2D eigenvalue weighted by Crippen LogP contribution is 2.23. The van der Waals surface area contributed by atoms with Crippen LogP contribution in [0.3, 0.4) is 0 Å². The van der Waals surface area contributed by atoms with Gasteiger partial charge in [-0.05, 0) is 26.0 Å². The molecule has 1 aromatic rings. The molecule has 1 aliphatic heterocycles. The summed E-state index contributed by atoms with van der Waals surface area (Å²) in [5, 5.41) is 3.13. The van der Waals surface area contributed by atoms with Gasteiger partial charge < -0.3 is 19.7 Å². The van der Waals surface area contributed by atoms with Crippen molar-refractivity contribution in [3.05, 3.63) is 24.3 Å². The molecule has 116 valence electrons. The summed E-state index contributed by atoms with van der Waals surface area (Å²) < 4.78 is 10.7. The van der Waals surface area contributed by atoms with E-state index >= 15 is 0 Å². The first-order chi connectivity index (χ1) is 10.2. The van der Waals surface area contributed by atoms with E-state index in [1.807, 2.05) is 12.1 Å². The van der Waals surface area contributed by atoms with Gasteiger partial charge in [0.2, 0.25) is 0 Å². The molecule has 1 N–H and O–H groups in total. The third-order valence-corrected chi connectivity index (χ3v) is 3.83. The minimum Gasteiger partial charge on any atom is -0.489 e. The number of hydrogen-bond donors (Lipinski definition) is 1. The van der Waals surface area contributed by atoms with Crippen LogP contribution in [0.25, 0.3) is 0 Å². The van der Waals surface area contributed by atoms with Crippen molar-refractivity contribution < 1.29 is 14.3 Å². The SMILES string of the molecule is CCN(CC)c1cccc(OC2CNC(C(=O)OC)C2)c1. The maximum atomic E-state index is 11.5. The number of anilines is 1. The van der Waals surface area contributed by atoms with Gasteiger partial charge in [-0.2, -0.15) is 0 Å². The number of carbonyl (C=O) groups excluding carboxylic acids is 1. The van der Waals surface area contributed by atoms with Crippen molar-refractivity contribution in [2.75, 3.05) is 31.6 Å². The molecule has 1 heterocycles. The van der Waals surface area contributed by atoms with Crippen molar-refractivity contribution >= 4 is 11.7 Å². The molecule has 1 fully saturated rings. The molecule has 5 nitrogen and oxygen atoms in total. The molecule has 2 unspecified atom stereocenters. The zero-order valence-electron chi connectivity index (χ0n) is 13.0. The van der Waals surface area contributed by atoms with Gasteiger partial charge in [0.25, 0.3) is 0 Å². The summed E-state index contributed by atoms with van der Waals surface area (Å²) in [7, 11) is 1.41. The van der Waals surface area contributed by atoms with Crippen molar-refractivity contribution in [1.82, 2.24) is 5.32 Å². The van der Waals surface area contributed by atoms with Gasteiger partial charge in [0, 0.05) is 37.8 Å². The van der Waals surface area contributed by atoms with Crippen molar-refractivity contribution in [2.24, 2.45) is 0 Å². The van der Waals surface area contributed by atoms with Crippen LogP contribution in [0.2, 0.25) is 0 Å². The molecule has 0 bridgehead atoms. The molecular weight excluding hydrogens is 268 g/mol. The van der Waals surface area contributed by atoms with Gasteiger partial charge >= 0.3 is 5.97 Å². The van der Waals surface area contributed by atoms with Crippen LogP contribution in [-0.4, -0.2) is 44.9 Å². The third kappa shape index (κ3) is 3.88. The second-order valence-electron chi connectivity index (χ2n) is 5.13. The Bertz CT molecular complexity index is 474. The number of hydrogen-bond acceptors (Lipinski definition) is 5. The van der Waals surface area contributed by atoms with E-state index in [2.05, 4.69) is 36.2 Å². The Kier molecular flexibility index (Phi) is 5.44. The fourth-order valence-electron chi connectivity index (χ4n) is 2.65. The molecule has 1 saturated heterocycles. The minimum absolute atomic E-state index is 0.000975. The first kappa shape index (κ1) is 15.6. The van der Waals surface area contributed by atoms with E-state index in [1.54, 1.807) is 0 Å². The van der Waals surface area contributed by atoms with Crippen molar-refractivity contribution in [3.8, 4) is 5.75 Å². The monoisotopic (exact) mass is 292 g/mol. The number of rotatable bonds is 6. The second-order valence-corrected chi connectivity index (χ2v) is 5.13. The van der Waals surface area contributed by atoms with E-state index in [9.17, 15) is 4.79 Å². The quantitative estimate of drug-likeness (QED) is 0.811. The summed E-state index contributed by atoms with van der Waals surface area (Å²) in [5.74, 6) is 0.620. The lowest BCUT2D eigenvalue weighted by atomic mass is 10.2. The van der Waals surface area contributed by atoms with E-state index in [0.29, 0.717) is 13.0 Å². The van der Waals surface area contributed by atoms with Crippen molar-refractivity contribution in [3.63, 3.8) is 0 Å². The molecule has 0 spiro atoms. The van der Waals surface area contributed by atoms with Crippen LogP contribution in [0.5, 0.6) is 5.75 Å². The Balaban J connectivity index is 1.98. The molecule has 2 rings (SSSR count). The Labute approximate surface area is 126 Å². The molecule has 2 atom stereocenters. The predicted molar refractivity (Wildman–Crippen MR) is 82.8 cm³/mol. The maximum absolute atomic E-state index is 11.5. The average molecular weight is 292 g/mol. The number of benzene rings is 1. The molecule has 1 aromatic carbocycles. The number of methoxy groups -OCH3 is 1. The lowest BCUT2D eigenvalue weighted by Gasteiger charge is -2.22. The fourth-order valence-corrected chi connectivity index (χ4v) is 2.65. The van der Waals surface area contributed by atoms with Crippen LogP contribution in [-0.2, 0) is 9.53 Å². The number of esters is 1. The highest BCUT2D eigenvalue weighted by atomic mass is 16.5. The summed E-state index contributed by atoms with van der Waals surface area (Å²) in [6, 6.07) is 7.84. The van der Waals surface area contributed by atoms with Gasteiger partial charge in [-0.1, -0.05) is 6.07 Å². The zero-order chi connectivity index (χ0) is 15.2. The molecular formula is C16H24N2O3. The predicted octanol–water partition coefficient (Wildman–Crippen LogP) is 1.82. The van der Waals surface area contributed by atoms with Crippen LogP contribution < -0.4 is 15.0 Å². The van der Waals surface area contributed by atoms with Crippen molar-refractivity contribution in [2.45, 2.75) is 32.4 Å². The van der Waals surface area contributed by atoms with Crippen molar-refractivity contribution in [1.29, 1.82) is 0 Å². The van der Waals surface area contributed by atoms with Gasteiger partial charge in [0.1, 0.15) is 17.9 Å². The summed E-state index contributed by atoms with van der Waals surface area (Å²) in [6.07, 6.45) is 0.642. The maximum Gasteiger partial charge on any atom is 0.323 e. The van der Waals surface area contributed by atoms with Gasteiger partial charge in [-0.25, -0.2) is 0 Å². The number of nitrogens with one attached hydrogen (secondary N) is 1. The van der Waals surface area contributed by atoms with E-state index in [1.165, 1.54) is 7.11 Å². The van der Waals surface area contributed by atoms with Gasteiger partial charge in [-0.15, -0.1) is 0 Å². The summed E-state index contributed by atoms with van der Waals surface area (Å²) in [6.45, 7) is 6.87. The highest BCUT2D eigenvalue weighted by Gasteiger charge is 2.31. The molecule has 0 aromatic heterocycles. The fraction of sp³-hybridized carbons (Fsp3) is 0.562. The Morgan fingerprint density at radius 2 is 2.14 bits per heavy atom. The molecule has 1 aliphatic rings. The number of carbonyl (C=O) groups is 1. The molecule has 21 heavy (non-hydrogen) atoms. The Hall–Kier alpha value is -1.75. The summed E-state index contributed by atoms with van der Waals surface area (Å²) in [5.41, 5.74) is 1.16. The molecule has 0 amide bonds. The van der Waals surface area contributed by atoms with Crippen LogP contribution in [0.4, 0.5) is 5.69 Å². The summed E-state index contributed by atoms with van der Waals surface area (Å²) >= 11 is 0. The zero-order valence-corrected chi connectivity index (χ0v) is 13.0. The number of nitrogens with zero attached hydrogens (tertiary/aromatic N) is 1.